The van der Waals surface area contributed by atoms with Gasteiger partial charge in [0.05, 0.1) is 34.8 Å². The predicted octanol–water partition coefficient (Wildman–Crippen LogP) is 6.97. The molecule has 0 saturated heterocycles. The Morgan fingerprint density at radius 3 is 2.54 bits per heavy atom. The lowest BCUT2D eigenvalue weighted by Crippen LogP contribution is -2.37. The highest BCUT2D eigenvalue weighted by molar-refractivity contribution is 6.04. The summed E-state index contributed by atoms with van der Waals surface area (Å²) in [6.45, 7) is 1.14. The number of ether oxygens (including phenoxy) is 1. The second-order valence-electron chi connectivity index (χ2n) is 12.9. The lowest BCUT2D eigenvalue weighted by atomic mass is 9.86. The first-order valence-corrected chi connectivity index (χ1v) is 15.9. The summed E-state index contributed by atoms with van der Waals surface area (Å²) >= 11 is 0. The Labute approximate surface area is 273 Å². The van der Waals surface area contributed by atoms with Crippen molar-refractivity contribution in [3.8, 4) is 11.3 Å². The number of aromatic amines is 1. The van der Waals surface area contributed by atoms with Gasteiger partial charge in [0.15, 0.2) is 5.65 Å². The average molecular weight is 669 g/mol. The second kappa shape index (κ2) is 13.1. The molecule has 2 aliphatic rings. The number of rotatable bonds is 12. The number of methoxy groups -OCH3 is 1. The monoisotopic (exact) mass is 668 g/mol. The van der Waals surface area contributed by atoms with E-state index in [0.29, 0.717) is 42.8 Å². The molecule has 6 rings (SSSR count). The Morgan fingerprint density at radius 2 is 1.90 bits per heavy atom. The molecule has 10 nitrogen and oxygen atoms in total. The number of amides is 1. The fourth-order valence-corrected chi connectivity index (χ4v) is 6.70. The van der Waals surface area contributed by atoms with Crippen LogP contribution >= 0.6 is 0 Å². The van der Waals surface area contributed by atoms with E-state index in [4.69, 9.17) is 9.84 Å². The molecule has 2 fully saturated rings. The van der Waals surface area contributed by atoms with Gasteiger partial charge in [-0.1, -0.05) is 18.9 Å². The van der Waals surface area contributed by atoms with E-state index in [1.807, 2.05) is 11.9 Å². The van der Waals surface area contributed by atoms with Gasteiger partial charge < -0.3 is 19.7 Å². The quantitative estimate of drug-likeness (QED) is 0.138. The standard InChI is InChI=1S/C34H36F4N6O4/c1-44(17-33(18-48-2)11-3-4-12-33)26-15-25(21-14-23(34(36,37)38)28(39-16-21)20-7-8-20)40-30-29(26)41-32(42-30)43-31(47)22-9-5-19(13-24(22)35)6-10-27(45)46/h5,9,13-16,20H,3-4,6-8,10-12,17-18H2,1-2H3,(H,45,46)(H2,40,41,42,43,47). The largest absolute Gasteiger partial charge is 0.481 e. The van der Waals surface area contributed by atoms with Crippen molar-refractivity contribution in [2.45, 2.75) is 63.5 Å². The molecule has 0 spiro atoms. The van der Waals surface area contributed by atoms with Crippen molar-refractivity contribution in [2.24, 2.45) is 5.41 Å². The van der Waals surface area contributed by atoms with E-state index in [2.05, 4.69) is 25.3 Å². The Bertz CT molecular complexity index is 1850. The maximum atomic E-state index is 14.9. The maximum Gasteiger partial charge on any atom is 0.418 e. The Balaban J connectivity index is 1.37. The minimum Gasteiger partial charge on any atom is -0.481 e. The number of imidazole rings is 1. The molecule has 1 amide bonds. The number of halogens is 4. The molecular weight excluding hydrogens is 632 g/mol. The minimum atomic E-state index is -4.59. The third-order valence-electron chi connectivity index (χ3n) is 9.16. The number of alkyl halides is 3. The number of carboxylic acids is 1. The molecule has 0 bridgehead atoms. The summed E-state index contributed by atoms with van der Waals surface area (Å²) < 4.78 is 62.9. The fraction of sp³-hybridized carbons (Fsp3) is 0.441. The number of pyridine rings is 2. The van der Waals surface area contributed by atoms with Gasteiger partial charge in [0.25, 0.3) is 5.91 Å². The number of benzene rings is 1. The van der Waals surface area contributed by atoms with E-state index in [1.54, 1.807) is 13.2 Å². The smallest absolute Gasteiger partial charge is 0.418 e. The number of anilines is 2. The van der Waals surface area contributed by atoms with Crippen molar-refractivity contribution < 1.29 is 37.0 Å². The molecule has 0 aliphatic heterocycles. The van der Waals surface area contributed by atoms with E-state index < -0.39 is 29.4 Å². The summed E-state index contributed by atoms with van der Waals surface area (Å²) in [5.74, 6) is -2.89. The Kier molecular flexibility index (Phi) is 9.12. The van der Waals surface area contributed by atoms with Gasteiger partial charge in [-0.05, 0) is 61.9 Å². The minimum absolute atomic E-state index is 0.0330. The third kappa shape index (κ3) is 7.13. The fourth-order valence-electron chi connectivity index (χ4n) is 6.70. The summed E-state index contributed by atoms with van der Waals surface area (Å²) in [6, 6.07) is 6.64. The van der Waals surface area contributed by atoms with Crippen LogP contribution in [0.5, 0.6) is 0 Å². The molecule has 3 aromatic heterocycles. The van der Waals surface area contributed by atoms with Crippen LogP contribution < -0.4 is 10.2 Å². The van der Waals surface area contributed by atoms with E-state index in [1.165, 1.54) is 18.3 Å². The molecule has 3 N–H and O–H groups in total. The van der Waals surface area contributed by atoms with Gasteiger partial charge in [0, 0.05) is 50.2 Å². The maximum absolute atomic E-state index is 14.9. The summed E-state index contributed by atoms with van der Waals surface area (Å²) in [4.78, 5) is 42.3. The van der Waals surface area contributed by atoms with Crippen molar-refractivity contribution >= 4 is 34.7 Å². The van der Waals surface area contributed by atoms with E-state index in [-0.39, 0.29) is 58.3 Å². The lowest BCUT2D eigenvalue weighted by Gasteiger charge is -2.34. The predicted molar refractivity (Wildman–Crippen MR) is 170 cm³/mol. The highest BCUT2D eigenvalue weighted by atomic mass is 19.4. The zero-order valence-electron chi connectivity index (χ0n) is 26.6. The first kappa shape index (κ1) is 33.3. The first-order valence-electron chi connectivity index (χ1n) is 15.9. The van der Waals surface area contributed by atoms with Gasteiger partial charge in [-0.15, -0.1) is 0 Å². The number of nitrogens with one attached hydrogen (secondary N) is 2. The highest BCUT2D eigenvalue weighted by Crippen LogP contribution is 2.46. The average Bonchev–Trinajstić information content (AvgIpc) is 3.65. The number of aryl methyl sites for hydroxylation is 1. The number of carbonyl (C=O) groups excluding carboxylic acids is 1. The number of H-pyrrole nitrogens is 1. The molecule has 3 heterocycles. The van der Waals surface area contributed by atoms with Crippen molar-refractivity contribution in [3.05, 3.63) is 64.7 Å². The number of fused-ring (bicyclic) bond motifs is 1. The van der Waals surface area contributed by atoms with Crippen LogP contribution in [0.3, 0.4) is 0 Å². The normalized spacial score (nSPS) is 16.0. The number of hydrogen-bond donors (Lipinski definition) is 3. The number of nitrogens with zero attached hydrogens (tertiary/aromatic N) is 4. The van der Waals surface area contributed by atoms with Crippen LogP contribution in [0.25, 0.3) is 22.4 Å². The van der Waals surface area contributed by atoms with Gasteiger partial charge in [-0.3, -0.25) is 19.9 Å². The van der Waals surface area contributed by atoms with Crippen LogP contribution in [0.4, 0.5) is 29.2 Å². The van der Waals surface area contributed by atoms with E-state index >= 15 is 0 Å². The number of carbonyl (C=O) groups is 2. The summed E-state index contributed by atoms with van der Waals surface area (Å²) in [5, 5.41) is 11.5. The summed E-state index contributed by atoms with van der Waals surface area (Å²) in [7, 11) is 3.54. The molecular formula is C34H36F4N6O4. The van der Waals surface area contributed by atoms with Gasteiger partial charge in [-0.2, -0.15) is 18.2 Å². The molecule has 4 aromatic rings. The van der Waals surface area contributed by atoms with Gasteiger partial charge >= 0.3 is 12.1 Å². The number of hydrogen-bond acceptors (Lipinski definition) is 7. The number of aromatic nitrogens is 4. The molecule has 1 aromatic carbocycles. The van der Waals surface area contributed by atoms with Crippen LogP contribution in [-0.2, 0) is 22.1 Å². The van der Waals surface area contributed by atoms with Gasteiger partial charge in [0.2, 0.25) is 5.95 Å². The highest BCUT2D eigenvalue weighted by Gasteiger charge is 2.40. The molecule has 48 heavy (non-hydrogen) atoms. The van der Waals surface area contributed by atoms with Crippen molar-refractivity contribution in [3.63, 3.8) is 0 Å². The topological polar surface area (TPSA) is 133 Å². The van der Waals surface area contributed by atoms with Gasteiger partial charge in [0.1, 0.15) is 11.3 Å². The summed E-state index contributed by atoms with van der Waals surface area (Å²) in [6.07, 6.45) is 2.11. The van der Waals surface area contributed by atoms with Crippen LogP contribution in [0, 0.1) is 11.2 Å². The van der Waals surface area contributed by atoms with Gasteiger partial charge in [-0.25, -0.2) is 9.37 Å². The Hall–Kier alpha value is -4.59. The van der Waals surface area contributed by atoms with Crippen LogP contribution in [0.1, 0.15) is 78.0 Å². The van der Waals surface area contributed by atoms with Crippen molar-refractivity contribution in [1.82, 2.24) is 19.9 Å². The SMILES string of the molecule is COCC1(CN(C)c2cc(-c3cnc(C4CC4)c(C(F)(F)F)c3)nc3nc(NC(=O)c4ccc(CCC(=O)O)cc4F)[nH]c23)CCCC1. The molecule has 14 heteroatoms. The summed E-state index contributed by atoms with van der Waals surface area (Å²) in [5.41, 5.74) is 0.867. The molecule has 0 unspecified atom stereocenters. The molecule has 254 valence electrons. The second-order valence-corrected chi connectivity index (χ2v) is 12.9. The molecule has 0 atom stereocenters. The van der Waals surface area contributed by atoms with Crippen LogP contribution in [0.2, 0.25) is 0 Å². The van der Waals surface area contributed by atoms with E-state index in [9.17, 15) is 27.2 Å². The van der Waals surface area contributed by atoms with Crippen molar-refractivity contribution in [2.75, 3.05) is 37.5 Å². The molecule has 0 radical (unpaired) electrons. The molecule has 2 aliphatic carbocycles. The first-order chi connectivity index (χ1) is 22.9. The number of aliphatic carboxylic acids is 1. The molecule has 2 saturated carbocycles. The van der Waals surface area contributed by atoms with Crippen molar-refractivity contribution in [1.29, 1.82) is 0 Å². The van der Waals surface area contributed by atoms with E-state index in [0.717, 1.165) is 37.8 Å². The zero-order chi connectivity index (χ0) is 34.2. The third-order valence-corrected chi connectivity index (χ3v) is 9.16. The lowest BCUT2D eigenvalue weighted by molar-refractivity contribution is -0.138. The number of carboxylic acid groups (broad SMARTS) is 1. The zero-order valence-corrected chi connectivity index (χ0v) is 26.6. The Morgan fingerprint density at radius 1 is 1.15 bits per heavy atom. The van der Waals surface area contributed by atoms with Crippen LogP contribution in [0.15, 0.2) is 36.5 Å². The van der Waals surface area contributed by atoms with Crippen LogP contribution in [-0.4, -0.2) is 64.2 Å².